The van der Waals surface area contributed by atoms with Crippen LogP contribution in [0.5, 0.6) is 0 Å². The minimum absolute atomic E-state index is 0.0323. The van der Waals surface area contributed by atoms with Gasteiger partial charge in [0.25, 0.3) is 0 Å². The molecule has 1 unspecified atom stereocenters. The van der Waals surface area contributed by atoms with Crippen molar-refractivity contribution in [3.63, 3.8) is 0 Å². The maximum absolute atomic E-state index is 8.74. The van der Waals surface area contributed by atoms with Crippen molar-refractivity contribution in [2.45, 2.75) is 25.8 Å². The van der Waals surface area contributed by atoms with Crippen LogP contribution in [-0.4, -0.2) is 27.7 Å². The van der Waals surface area contributed by atoms with Crippen LogP contribution in [0.25, 0.3) is 0 Å². The van der Waals surface area contributed by atoms with Crippen LogP contribution in [0.15, 0.2) is 40.0 Å². The van der Waals surface area contributed by atoms with Gasteiger partial charge in [0, 0.05) is 32.4 Å². The van der Waals surface area contributed by atoms with E-state index in [1.165, 1.54) is 0 Å². The third kappa shape index (κ3) is 4.57. The molecule has 0 fully saturated rings. The van der Waals surface area contributed by atoms with Gasteiger partial charge in [0.15, 0.2) is 5.82 Å². The van der Waals surface area contributed by atoms with E-state index in [2.05, 4.69) is 20.6 Å². The molecule has 2 aromatic rings. The molecule has 1 aromatic heterocycles. The van der Waals surface area contributed by atoms with Crippen LogP contribution in [0.3, 0.4) is 0 Å². The topological polar surface area (TPSA) is 110 Å². The van der Waals surface area contributed by atoms with Gasteiger partial charge in [-0.2, -0.15) is 4.98 Å². The highest BCUT2D eigenvalue weighted by Crippen LogP contribution is 2.16. The Morgan fingerprint density at radius 2 is 2.19 bits per heavy atom. The molecule has 0 saturated heterocycles. The van der Waals surface area contributed by atoms with E-state index in [1.807, 2.05) is 30.3 Å². The molecule has 0 bridgehead atoms. The minimum Gasteiger partial charge on any atom is -0.409 e. The molecule has 7 heteroatoms. The summed E-state index contributed by atoms with van der Waals surface area (Å²) in [6.07, 6.45) is 1.07. The number of benzene rings is 1. The number of aromatic nitrogens is 2. The average molecular weight is 289 g/mol. The molecule has 0 spiro atoms. The van der Waals surface area contributed by atoms with E-state index < -0.39 is 0 Å². The predicted octanol–water partition coefficient (Wildman–Crippen LogP) is 1.39. The van der Waals surface area contributed by atoms with Crippen molar-refractivity contribution in [1.82, 2.24) is 15.5 Å². The first kappa shape index (κ1) is 15.0. The molecule has 112 valence electrons. The van der Waals surface area contributed by atoms with Gasteiger partial charge in [0.05, 0.1) is 0 Å². The lowest BCUT2D eigenvalue weighted by Crippen LogP contribution is -2.28. The van der Waals surface area contributed by atoms with Crippen LogP contribution in [0.4, 0.5) is 0 Å². The van der Waals surface area contributed by atoms with E-state index in [9.17, 15) is 0 Å². The number of aryl methyl sites for hydroxylation is 1. The zero-order chi connectivity index (χ0) is 15.1. The summed E-state index contributed by atoms with van der Waals surface area (Å²) in [4.78, 5) is 4.15. The van der Waals surface area contributed by atoms with Gasteiger partial charge in [0.2, 0.25) is 5.89 Å². The van der Waals surface area contributed by atoms with E-state index in [1.54, 1.807) is 6.92 Å². The number of amidine groups is 1. The quantitative estimate of drug-likeness (QED) is 0.307. The molecule has 0 aliphatic heterocycles. The first-order valence-electron chi connectivity index (χ1n) is 6.73. The van der Waals surface area contributed by atoms with E-state index in [0.717, 1.165) is 5.56 Å². The molecule has 0 aliphatic carbocycles. The van der Waals surface area contributed by atoms with Crippen molar-refractivity contribution >= 4 is 5.84 Å². The third-order valence-corrected chi connectivity index (χ3v) is 3.05. The average Bonchev–Trinajstić information content (AvgIpc) is 2.92. The highest BCUT2D eigenvalue weighted by Gasteiger charge is 2.13. The number of nitrogens with one attached hydrogen (secondary N) is 1. The smallest absolute Gasteiger partial charge is 0.223 e. The maximum Gasteiger partial charge on any atom is 0.223 e. The largest absolute Gasteiger partial charge is 0.409 e. The van der Waals surface area contributed by atoms with Crippen LogP contribution >= 0.6 is 0 Å². The first-order chi connectivity index (χ1) is 10.2. The lowest BCUT2D eigenvalue weighted by molar-refractivity contribution is 0.315. The van der Waals surface area contributed by atoms with E-state index in [-0.39, 0.29) is 11.9 Å². The van der Waals surface area contributed by atoms with Crippen molar-refractivity contribution in [3.05, 3.63) is 47.6 Å². The molecule has 2 rings (SSSR count). The summed E-state index contributed by atoms with van der Waals surface area (Å²) in [5.74, 6) is 1.41. The van der Waals surface area contributed by atoms with Gasteiger partial charge in [-0.25, -0.2) is 0 Å². The first-order valence-corrected chi connectivity index (χ1v) is 6.73. The monoisotopic (exact) mass is 289 g/mol. The van der Waals surface area contributed by atoms with Crippen molar-refractivity contribution in [2.24, 2.45) is 10.9 Å². The molecule has 21 heavy (non-hydrogen) atoms. The highest BCUT2D eigenvalue weighted by atomic mass is 16.5. The van der Waals surface area contributed by atoms with E-state index in [4.69, 9.17) is 15.5 Å². The summed E-state index contributed by atoms with van der Waals surface area (Å²) >= 11 is 0. The molecule has 0 saturated carbocycles. The summed E-state index contributed by atoms with van der Waals surface area (Å²) in [7, 11) is 0. The number of hydrogen-bond donors (Lipinski definition) is 3. The number of hydrogen-bond acceptors (Lipinski definition) is 6. The van der Waals surface area contributed by atoms with Crippen LogP contribution in [0.2, 0.25) is 0 Å². The molecular weight excluding hydrogens is 270 g/mol. The van der Waals surface area contributed by atoms with Crippen LogP contribution < -0.4 is 11.1 Å². The predicted molar refractivity (Wildman–Crippen MR) is 78.0 cm³/mol. The minimum atomic E-state index is -0.0323. The second-order valence-corrected chi connectivity index (χ2v) is 4.69. The second-order valence-electron chi connectivity index (χ2n) is 4.69. The van der Waals surface area contributed by atoms with Crippen molar-refractivity contribution < 1.29 is 9.73 Å². The number of nitrogens with zero attached hydrogens (tertiary/aromatic N) is 3. The SMILES string of the molecule is Cc1nc(CCNC(C/C(N)=N/O)c2ccccc2)no1. The Bertz CT molecular complexity index is 582. The molecule has 4 N–H and O–H groups in total. The van der Waals surface area contributed by atoms with Gasteiger partial charge >= 0.3 is 0 Å². The molecule has 7 nitrogen and oxygen atoms in total. The molecule has 0 amide bonds. The standard InChI is InChI=1S/C14H19N5O2/c1-10-17-14(19-21-10)7-8-16-12(9-13(15)18-20)11-5-3-2-4-6-11/h2-6,12,16,20H,7-9H2,1H3,(H2,15,18). The Hall–Kier alpha value is -2.41. The van der Waals surface area contributed by atoms with E-state index in [0.29, 0.717) is 31.1 Å². The summed E-state index contributed by atoms with van der Waals surface area (Å²) < 4.78 is 4.93. The Morgan fingerprint density at radius 3 is 2.81 bits per heavy atom. The Labute approximate surface area is 122 Å². The lowest BCUT2D eigenvalue weighted by atomic mass is 10.0. The fraction of sp³-hybridized carbons (Fsp3) is 0.357. The summed E-state index contributed by atoms with van der Waals surface area (Å²) in [6.45, 7) is 2.42. The summed E-state index contributed by atoms with van der Waals surface area (Å²) in [6, 6.07) is 9.83. The van der Waals surface area contributed by atoms with Gasteiger partial charge in [-0.1, -0.05) is 40.6 Å². The summed E-state index contributed by atoms with van der Waals surface area (Å²) in [5, 5.41) is 19.0. The van der Waals surface area contributed by atoms with Gasteiger partial charge in [-0.05, 0) is 5.56 Å². The zero-order valence-corrected chi connectivity index (χ0v) is 11.9. The van der Waals surface area contributed by atoms with Crippen molar-refractivity contribution in [1.29, 1.82) is 0 Å². The second kappa shape index (κ2) is 7.39. The fourth-order valence-electron chi connectivity index (χ4n) is 2.04. The molecule has 1 heterocycles. The highest BCUT2D eigenvalue weighted by molar-refractivity contribution is 5.80. The normalized spacial score (nSPS) is 13.3. The number of nitrogens with two attached hydrogens (primary N) is 1. The maximum atomic E-state index is 8.74. The van der Waals surface area contributed by atoms with Crippen LogP contribution in [0, 0.1) is 6.92 Å². The van der Waals surface area contributed by atoms with Crippen molar-refractivity contribution in [2.75, 3.05) is 6.54 Å². The lowest BCUT2D eigenvalue weighted by Gasteiger charge is -2.18. The number of rotatable bonds is 7. The molecular formula is C14H19N5O2. The molecule has 1 atom stereocenters. The van der Waals surface area contributed by atoms with E-state index >= 15 is 0 Å². The van der Waals surface area contributed by atoms with Gasteiger partial charge in [0.1, 0.15) is 5.84 Å². The Balaban J connectivity index is 1.96. The third-order valence-electron chi connectivity index (χ3n) is 3.05. The molecule has 1 aromatic carbocycles. The van der Waals surface area contributed by atoms with Crippen LogP contribution in [0.1, 0.15) is 29.7 Å². The summed E-state index contributed by atoms with van der Waals surface area (Å²) in [5.41, 5.74) is 6.69. The fourth-order valence-corrected chi connectivity index (χ4v) is 2.04. The van der Waals surface area contributed by atoms with Crippen molar-refractivity contribution in [3.8, 4) is 0 Å². The van der Waals surface area contributed by atoms with Gasteiger partial charge in [-0.15, -0.1) is 0 Å². The van der Waals surface area contributed by atoms with Gasteiger partial charge < -0.3 is 20.8 Å². The van der Waals surface area contributed by atoms with Gasteiger partial charge in [-0.3, -0.25) is 0 Å². The number of oxime groups is 1. The molecule has 0 aliphatic rings. The Kier molecular flexibility index (Phi) is 5.28. The van der Waals surface area contributed by atoms with Crippen LogP contribution in [-0.2, 0) is 6.42 Å². The molecule has 0 radical (unpaired) electrons. The Morgan fingerprint density at radius 1 is 1.43 bits per heavy atom. The zero-order valence-electron chi connectivity index (χ0n) is 11.9.